The van der Waals surface area contributed by atoms with Gasteiger partial charge < -0.3 is 10.0 Å². The van der Waals surface area contributed by atoms with E-state index in [0.29, 0.717) is 11.8 Å². The van der Waals surface area contributed by atoms with Gasteiger partial charge in [-0.1, -0.05) is 19.9 Å². The van der Waals surface area contributed by atoms with Crippen LogP contribution in [0.4, 0.5) is 10.1 Å². The summed E-state index contributed by atoms with van der Waals surface area (Å²) in [5.74, 6) is -0.474. The van der Waals surface area contributed by atoms with Crippen LogP contribution in [-0.2, 0) is 0 Å². The van der Waals surface area contributed by atoms with Crippen molar-refractivity contribution >= 4 is 11.7 Å². The van der Waals surface area contributed by atoms with E-state index in [1.807, 2.05) is 4.90 Å². The van der Waals surface area contributed by atoms with Crippen LogP contribution < -0.4 is 4.90 Å². The molecule has 1 unspecified atom stereocenters. The largest absolute Gasteiger partial charge is 0.478 e. The van der Waals surface area contributed by atoms with Gasteiger partial charge in [0.25, 0.3) is 0 Å². The lowest BCUT2D eigenvalue weighted by Crippen LogP contribution is -2.24. The zero-order chi connectivity index (χ0) is 13.3. The predicted octanol–water partition coefficient (Wildman–Crippen LogP) is 3.01. The SMILES string of the molecule is CC(C)C1CCN(c2c(F)cccc2C(=O)O)C1. The molecule has 0 radical (unpaired) electrons. The Morgan fingerprint density at radius 3 is 2.78 bits per heavy atom. The molecule has 0 amide bonds. The van der Waals surface area contributed by atoms with Crippen molar-refractivity contribution in [3.63, 3.8) is 0 Å². The molecular formula is C14H18FNO2. The second kappa shape index (κ2) is 4.96. The van der Waals surface area contributed by atoms with E-state index < -0.39 is 11.8 Å². The van der Waals surface area contributed by atoms with Crippen LogP contribution in [-0.4, -0.2) is 24.2 Å². The molecule has 1 aliphatic heterocycles. The van der Waals surface area contributed by atoms with Gasteiger partial charge in [0.15, 0.2) is 0 Å². The quantitative estimate of drug-likeness (QED) is 0.897. The average molecular weight is 251 g/mol. The molecule has 1 aromatic rings. The number of aromatic carboxylic acids is 1. The number of carboxylic acid groups (broad SMARTS) is 1. The van der Waals surface area contributed by atoms with Crippen LogP contribution in [0.1, 0.15) is 30.6 Å². The topological polar surface area (TPSA) is 40.5 Å². The number of hydrogen-bond acceptors (Lipinski definition) is 2. The summed E-state index contributed by atoms with van der Waals surface area (Å²) in [6.45, 7) is 5.75. The first-order valence-corrected chi connectivity index (χ1v) is 6.27. The van der Waals surface area contributed by atoms with Crippen molar-refractivity contribution in [2.75, 3.05) is 18.0 Å². The minimum Gasteiger partial charge on any atom is -0.478 e. The zero-order valence-electron chi connectivity index (χ0n) is 10.7. The maximum atomic E-state index is 13.9. The summed E-state index contributed by atoms with van der Waals surface area (Å²) < 4.78 is 13.9. The molecule has 0 aromatic heterocycles. The van der Waals surface area contributed by atoms with Gasteiger partial charge in [0.2, 0.25) is 0 Å². The highest BCUT2D eigenvalue weighted by atomic mass is 19.1. The highest BCUT2D eigenvalue weighted by molar-refractivity contribution is 5.94. The molecule has 0 aliphatic carbocycles. The maximum Gasteiger partial charge on any atom is 0.337 e. The summed E-state index contributed by atoms with van der Waals surface area (Å²) in [6.07, 6.45) is 0.991. The Kier molecular flexibility index (Phi) is 3.55. The van der Waals surface area contributed by atoms with Crippen LogP contribution in [0.3, 0.4) is 0 Å². The normalized spacial score (nSPS) is 19.6. The molecule has 1 saturated heterocycles. The summed E-state index contributed by atoms with van der Waals surface area (Å²) in [4.78, 5) is 13.0. The Balaban J connectivity index is 2.32. The van der Waals surface area contributed by atoms with Gasteiger partial charge >= 0.3 is 5.97 Å². The van der Waals surface area contributed by atoms with E-state index in [1.54, 1.807) is 0 Å². The number of carboxylic acids is 1. The molecule has 1 aromatic carbocycles. The van der Waals surface area contributed by atoms with Crippen molar-refractivity contribution in [3.8, 4) is 0 Å². The third kappa shape index (κ3) is 2.33. The number of anilines is 1. The summed E-state index contributed by atoms with van der Waals surface area (Å²) in [5, 5.41) is 9.13. The standard InChI is InChI=1S/C14H18FNO2/c1-9(2)10-6-7-16(8-10)13-11(14(17)18)4-3-5-12(13)15/h3-5,9-10H,6-8H2,1-2H3,(H,17,18). The first-order valence-electron chi connectivity index (χ1n) is 6.27. The first kappa shape index (κ1) is 12.9. The minimum atomic E-state index is -1.07. The molecule has 4 heteroatoms. The zero-order valence-corrected chi connectivity index (χ0v) is 10.7. The molecule has 1 atom stereocenters. The fourth-order valence-electron chi connectivity index (χ4n) is 2.54. The highest BCUT2D eigenvalue weighted by Crippen LogP contribution is 2.32. The fourth-order valence-corrected chi connectivity index (χ4v) is 2.54. The Labute approximate surface area is 106 Å². The first-order chi connectivity index (χ1) is 8.50. The van der Waals surface area contributed by atoms with E-state index in [2.05, 4.69) is 13.8 Å². The molecule has 0 saturated carbocycles. The Morgan fingerprint density at radius 1 is 1.50 bits per heavy atom. The van der Waals surface area contributed by atoms with Crippen molar-refractivity contribution in [2.24, 2.45) is 11.8 Å². The van der Waals surface area contributed by atoms with E-state index in [0.717, 1.165) is 19.5 Å². The lowest BCUT2D eigenvalue weighted by molar-refractivity contribution is 0.0697. The average Bonchev–Trinajstić information content (AvgIpc) is 2.77. The number of halogens is 1. The Morgan fingerprint density at radius 2 is 2.22 bits per heavy atom. The summed E-state index contributed by atoms with van der Waals surface area (Å²) in [6, 6.07) is 4.23. The molecule has 1 heterocycles. The number of para-hydroxylation sites is 1. The van der Waals surface area contributed by atoms with Gasteiger partial charge in [-0.3, -0.25) is 0 Å². The van der Waals surface area contributed by atoms with Crippen LogP contribution in [0.5, 0.6) is 0 Å². The minimum absolute atomic E-state index is 0.0550. The molecular weight excluding hydrogens is 233 g/mol. The van der Waals surface area contributed by atoms with Gasteiger partial charge in [0.1, 0.15) is 5.82 Å². The number of rotatable bonds is 3. The lowest BCUT2D eigenvalue weighted by Gasteiger charge is -2.22. The third-order valence-electron chi connectivity index (χ3n) is 3.70. The number of carbonyl (C=O) groups is 1. The van der Waals surface area contributed by atoms with Gasteiger partial charge in [-0.15, -0.1) is 0 Å². The summed E-state index contributed by atoms with van der Waals surface area (Å²) >= 11 is 0. The molecule has 2 rings (SSSR count). The van der Waals surface area contributed by atoms with Crippen molar-refractivity contribution in [3.05, 3.63) is 29.6 Å². The molecule has 18 heavy (non-hydrogen) atoms. The monoisotopic (exact) mass is 251 g/mol. The van der Waals surface area contributed by atoms with Crippen LogP contribution >= 0.6 is 0 Å². The Hall–Kier alpha value is -1.58. The van der Waals surface area contributed by atoms with E-state index >= 15 is 0 Å². The molecule has 1 fully saturated rings. The van der Waals surface area contributed by atoms with E-state index in [9.17, 15) is 9.18 Å². The molecule has 1 aliphatic rings. The van der Waals surface area contributed by atoms with Crippen molar-refractivity contribution < 1.29 is 14.3 Å². The van der Waals surface area contributed by atoms with Crippen LogP contribution in [0, 0.1) is 17.7 Å². The van der Waals surface area contributed by atoms with Crippen LogP contribution in [0.25, 0.3) is 0 Å². The smallest absolute Gasteiger partial charge is 0.337 e. The van der Waals surface area contributed by atoms with Gasteiger partial charge in [-0.25, -0.2) is 9.18 Å². The highest BCUT2D eigenvalue weighted by Gasteiger charge is 2.29. The lowest BCUT2D eigenvalue weighted by atomic mass is 9.95. The van der Waals surface area contributed by atoms with Gasteiger partial charge in [-0.2, -0.15) is 0 Å². The van der Waals surface area contributed by atoms with E-state index in [-0.39, 0.29) is 11.3 Å². The maximum absolute atomic E-state index is 13.9. The fraction of sp³-hybridized carbons (Fsp3) is 0.500. The second-order valence-corrected chi connectivity index (χ2v) is 5.18. The molecule has 0 bridgehead atoms. The van der Waals surface area contributed by atoms with Crippen molar-refractivity contribution in [2.45, 2.75) is 20.3 Å². The summed E-state index contributed by atoms with van der Waals surface area (Å²) in [7, 11) is 0. The number of hydrogen-bond donors (Lipinski definition) is 1. The van der Waals surface area contributed by atoms with E-state index in [4.69, 9.17) is 5.11 Å². The second-order valence-electron chi connectivity index (χ2n) is 5.18. The van der Waals surface area contributed by atoms with Crippen LogP contribution in [0.2, 0.25) is 0 Å². The van der Waals surface area contributed by atoms with E-state index in [1.165, 1.54) is 18.2 Å². The third-order valence-corrected chi connectivity index (χ3v) is 3.70. The van der Waals surface area contributed by atoms with Gasteiger partial charge in [-0.05, 0) is 30.4 Å². The summed E-state index contributed by atoms with van der Waals surface area (Å²) in [5.41, 5.74) is 0.299. The number of nitrogens with zero attached hydrogens (tertiary/aromatic N) is 1. The molecule has 3 nitrogen and oxygen atoms in total. The molecule has 1 N–H and O–H groups in total. The van der Waals surface area contributed by atoms with Crippen molar-refractivity contribution in [1.82, 2.24) is 0 Å². The molecule has 98 valence electrons. The van der Waals surface area contributed by atoms with Crippen molar-refractivity contribution in [1.29, 1.82) is 0 Å². The van der Waals surface area contributed by atoms with Crippen LogP contribution in [0.15, 0.2) is 18.2 Å². The Bertz CT molecular complexity index is 459. The predicted molar refractivity (Wildman–Crippen MR) is 68.5 cm³/mol. The van der Waals surface area contributed by atoms with Gasteiger partial charge in [0, 0.05) is 13.1 Å². The number of benzene rings is 1. The van der Waals surface area contributed by atoms with Gasteiger partial charge in [0.05, 0.1) is 11.3 Å². The molecule has 0 spiro atoms.